The Kier molecular flexibility index (Phi) is 4.64. The van der Waals surface area contributed by atoms with E-state index in [4.69, 9.17) is 0 Å². The summed E-state index contributed by atoms with van der Waals surface area (Å²) in [7, 11) is 2.23. The summed E-state index contributed by atoms with van der Waals surface area (Å²) in [5, 5.41) is 3.82. The maximum Gasteiger partial charge on any atom is 0.0296 e. The van der Waals surface area contributed by atoms with Gasteiger partial charge < -0.3 is 10.2 Å². The van der Waals surface area contributed by atoms with E-state index in [-0.39, 0.29) is 0 Å². The summed E-state index contributed by atoms with van der Waals surface area (Å²) < 4.78 is 0. The Morgan fingerprint density at radius 3 is 2.68 bits per heavy atom. The minimum atomic E-state index is 0.446. The molecule has 0 aromatic heterocycles. The van der Waals surface area contributed by atoms with E-state index in [9.17, 15) is 0 Å². The van der Waals surface area contributed by atoms with Crippen LogP contribution in [-0.2, 0) is 0 Å². The third-order valence-electron chi connectivity index (χ3n) is 4.59. The lowest BCUT2D eigenvalue weighted by Crippen LogP contribution is -2.46. The van der Waals surface area contributed by atoms with E-state index >= 15 is 0 Å². The van der Waals surface area contributed by atoms with E-state index in [0.717, 1.165) is 0 Å². The molecule has 19 heavy (non-hydrogen) atoms. The molecule has 106 valence electrons. The summed E-state index contributed by atoms with van der Waals surface area (Å²) >= 11 is 0. The molecule has 1 saturated heterocycles. The zero-order valence-electron chi connectivity index (χ0n) is 13.0. The van der Waals surface area contributed by atoms with Crippen molar-refractivity contribution < 1.29 is 0 Å². The average molecular weight is 260 g/mol. The molecule has 0 aliphatic carbocycles. The number of nitrogens with one attached hydrogen (secondary N) is 1. The fraction of sp³-hybridized carbons (Fsp3) is 0.647. The first-order chi connectivity index (χ1) is 8.97. The fourth-order valence-corrected chi connectivity index (χ4v) is 3.20. The standard InChI is InChI=1S/C17H28N2/c1-12-6-7-17(13(2)10-12)15(4)18-16-8-9-19(5)14(3)11-16/h6-7,10,14-16,18H,8-9,11H2,1-5H3. The van der Waals surface area contributed by atoms with Gasteiger partial charge in [-0.15, -0.1) is 0 Å². The number of piperidine rings is 1. The van der Waals surface area contributed by atoms with Crippen molar-refractivity contribution in [3.05, 3.63) is 34.9 Å². The monoisotopic (exact) mass is 260 g/mol. The van der Waals surface area contributed by atoms with E-state index in [2.05, 4.69) is 63.2 Å². The van der Waals surface area contributed by atoms with Gasteiger partial charge in [-0.3, -0.25) is 0 Å². The van der Waals surface area contributed by atoms with Crippen LogP contribution < -0.4 is 5.32 Å². The van der Waals surface area contributed by atoms with E-state index in [1.165, 1.54) is 36.1 Å². The summed E-state index contributed by atoms with van der Waals surface area (Å²) in [6.07, 6.45) is 2.52. The summed E-state index contributed by atoms with van der Waals surface area (Å²) in [4.78, 5) is 2.46. The van der Waals surface area contributed by atoms with Gasteiger partial charge in [-0.2, -0.15) is 0 Å². The Morgan fingerprint density at radius 2 is 2.05 bits per heavy atom. The Hall–Kier alpha value is -0.860. The first-order valence-electron chi connectivity index (χ1n) is 7.51. The van der Waals surface area contributed by atoms with Crippen LogP contribution in [0.15, 0.2) is 18.2 Å². The quantitative estimate of drug-likeness (QED) is 0.895. The Bertz CT molecular complexity index is 427. The molecular formula is C17H28N2. The number of aryl methyl sites for hydroxylation is 2. The molecule has 1 heterocycles. The first-order valence-corrected chi connectivity index (χ1v) is 7.51. The topological polar surface area (TPSA) is 15.3 Å². The second-order valence-electron chi connectivity index (χ2n) is 6.30. The molecule has 0 spiro atoms. The Morgan fingerprint density at radius 1 is 1.32 bits per heavy atom. The van der Waals surface area contributed by atoms with E-state index in [0.29, 0.717) is 18.1 Å². The smallest absolute Gasteiger partial charge is 0.0296 e. The van der Waals surface area contributed by atoms with Crippen molar-refractivity contribution in [2.24, 2.45) is 0 Å². The van der Waals surface area contributed by atoms with Crippen molar-refractivity contribution in [1.82, 2.24) is 10.2 Å². The molecule has 1 aromatic rings. The first kappa shape index (κ1) is 14.5. The van der Waals surface area contributed by atoms with Crippen molar-refractivity contribution in [2.75, 3.05) is 13.6 Å². The predicted molar refractivity (Wildman–Crippen MR) is 82.6 cm³/mol. The lowest BCUT2D eigenvalue weighted by molar-refractivity contribution is 0.163. The minimum absolute atomic E-state index is 0.446. The van der Waals surface area contributed by atoms with Gasteiger partial charge >= 0.3 is 0 Å². The number of hydrogen-bond acceptors (Lipinski definition) is 2. The number of nitrogens with zero attached hydrogens (tertiary/aromatic N) is 1. The summed E-state index contributed by atoms with van der Waals surface area (Å²) in [5.41, 5.74) is 4.19. The highest BCUT2D eigenvalue weighted by atomic mass is 15.1. The number of likely N-dealkylation sites (tertiary alicyclic amines) is 1. The van der Waals surface area contributed by atoms with E-state index in [1.807, 2.05) is 0 Å². The Labute approximate surface area is 118 Å². The van der Waals surface area contributed by atoms with Crippen molar-refractivity contribution in [3.8, 4) is 0 Å². The van der Waals surface area contributed by atoms with Gasteiger partial charge in [-0.25, -0.2) is 0 Å². The third-order valence-corrected chi connectivity index (χ3v) is 4.59. The lowest BCUT2D eigenvalue weighted by Gasteiger charge is -2.37. The van der Waals surface area contributed by atoms with Crippen molar-refractivity contribution in [3.63, 3.8) is 0 Å². The molecule has 2 heteroatoms. The molecule has 1 fully saturated rings. The van der Waals surface area contributed by atoms with Crippen LogP contribution in [0, 0.1) is 13.8 Å². The van der Waals surface area contributed by atoms with Crippen LogP contribution in [0.5, 0.6) is 0 Å². The zero-order chi connectivity index (χ0) is 14.0. The number of hydrogen-bond donors (Lipinski definition) is 1. The van der Waals surface area contributed by atoms with Crippen LogP contribution in [-0.4, -0.2) is 30.6 Å². The Balaban J connectivity index is 1.99. The van der Waals surface area contributed by atoms with Crippen LogP contribution in [0.4, 0.5) is 0 Å². The van der Waals surface area contributed by atoms with Crippen LogP contribution in [0.2, 0.25) is 0 Å². The van der Waals surface area contributed by atoms with Crippen molar-refractivity contribution in [2.45, 2.75) is 58.7 Å². The molecule has 1 aliphatic heterocycles. The van der Waals surface area contributed by atoms with E-state index in [1.54, 1.807) is 0 Å². The highest BCUT2D eigenvalue weighted by molar-refractivity contribution is 5.32. The highest BCUT2D eigenvalue weighted by Crippen LogP contribution is 2.22. The van der Waals surface area contributed by atoms with Gasteiger partial charge in [0.2, 0.25) is 0 Å². The van der Waals surface area contributed by atoms with Gasteiger partial charge in [0.1, 0.15) is 0 Å². The van der Waals surface area contributed by atoms with Crippen LogP contribution in [0.1, 0.15) is 49.4 Å². The normalized spacial score (nSPS) is 26.4. The molecule has 1 aromatic carbocycles. The third kappa shape index (κ3) is 3.58. The number of benzene rings is 1. The molecule has 0 radical (unpaired) electrons. The molecule has 1 aliphatic rings. The highest BCUT2D eigenvalue weighted by Gasteiger charge is 2.24. The van der Waals surface area contributed by atoms with Gasteiger partial charge in [-0.05, 0) is 65.3 Å². The maximum atomic E-state index is 3.82. The minimum Gasteiger partial charge on any atom is -0.307 e. The molecular weight excluding hydrogens is 232 g/mol. The molecule has 1 N–H and O–H groups in total. The molecule has 2 rings (SSSR count). The zero-order valence-corrected chi connectivity index (χ0v) is 13.0. The van der Waals surface area contributed by atoms with Gasteiger partial charge in [0, 0.05) is 18.1 Å². The summed E-state index contributed by atoms with van der Waals surface area (Å²) in [6, 6.07) is 8.57. The second kappa shape index (κ2) is 6.06. The van der Waals surface area contributed by atoms with Crippen LogP contribution in [0.3, 0.4) is 0 Å². The molecule has 0 saturated carbocycles. The van der Waals surface area contributed by atoms with Gasteiger partial charge in [0.15, 0.2) is 0 Å². The SMILES string of the molecule is Cc1ccc(C(C)NC2CCN(C)C(C)C2)c(C)c1. The lowest BCUT2D eigenvalue weighted by atomic mass is 9.95. The van der Waals surface area contributed by atoms with E-state index < -0.39 is 0 Å². The summed E-state index contributed by atoms with van der Waals surface area (Å²) in [6.45, 7) is 10.2. The number of rotatable bonds is 3. The van der Waals surface area contributed by atoms with Gasteiger partial charge in [-0.1, -0.05) is 23.8 Å². The average Bonchev–Trinajstić information content (AvgIpc) is 2.33. The molecule has 3 atom stereocenters. The van der Waals surface area contributed by atoms with Crippen molar-refractivity contribution in [1.29, 1.82) is 0 Å². The molecule has 0 amide bonds. The molecule has 0 bridgehead atoms. The molecule has 2 nitrogen and oxygen atoms in total. The fourth-order valence-electron chi connectivity index (χ4n) is 3.20. The van der Waals surface area contributed by atoms with Gasteiger partial charge in [0.05, 0.1) is 0 Å². The van der Waals surface area contributed by atoms with Crippen LogP contribution in [0.25, 0.3) is 0 Å². The molecule has 3 unspecified atom stereocenters. The van der Waals surface area contributed by atoms with Crippen LogP contribution >= 0.6 is 0 Å². The predicted octanol–water partition coefficient (Wildman–Crippen LogP) is 3.44. The van der Waals surface area contributed by atoms with Gasteiger partial charge in [0.25, 0.3) is 0 Å². The van der Waals surface area contributed by atoms with Crippen molar-refractivity contribution >= 4 is 0 Å². The largest absolute Gasteiger partial charge is 0.307 e. The summed E-state index contributed by atoms with van der Waals surface area (Å²) in [5.74, 6) is 0. The maximum absolute atomic E-state index is 3.82. The second-order valence-corrected chi connectivity index (χ2v) is 6.30.